The first-order valence-corrected chi connectivity index (χ1v) is 11.5. The number of carbonyl (C=O) groups excluding carboxylic acids is 2. The van der Waals surface area contributed by atoms with Crippen molar-refractivity contribution in [2.75, 3.05) is 33.9 Å². The third-order valence-corrected chi connectivity index (χ3v) is 7.20. The zero-order valence-corrected chi connectivity index (χ0v) is 18.9. The molecule has 0 spiro atoms. The molecule has 6 nitrogen and oxygen atoms in total. The smallest absolute Gasteiger partial charge is 0.261 e. The lowest BCUT2D eigenvalue weighted by Crippen LogP contribution is -2.42. The lowest BCUT2D eigenvalue weighted by atomic mass is 9.91. The molecule has 2 amide bonds. The van der Waals surface area contributed by atoms with Crippen molar-refractivity contribution in [2.45, 2.75) is 12.5 Å². The molecule has 32 heavy (non-hydrogen) atoms. The summed E-state index contributed by atoms with van der Waals surface area (Å²) in [7, 11) is 3.30. The van der Waals surface area contributed by atoms with Crippen molar-refractivity contribution in [3.8, 4) is 11.5 Å². The number of rotatable bonds is 6. The van der Waals surface area contributed by atoms with Crippen LogP contribution in [0.2, 0.25) is 0 Å². The molecule has 1 atom stereocenters. The van der Waals surface area contributed by atoms with E-state index in [-0.39, 0.29) is 17.9 Å². The van der Waals surface area contributed by atoms with Gasteiger partial charge in [0.05, 0.1) is 31.4 Å². The Hall–Kier alpha value is -3.16. The second kappa shape index (κ2) is 8.41. The van der Waals surface area contributed by atoms with Gasteiger partial charge in [0.2, 0.25) is 0 Å². The molecule has 2 aromatic carbocycles. The van der Waals surface area contributed by atoms with Gasteiger partial charge in [0.25, 0.3) is 11.8 Å². The second-order valence-electron chi connectivity index (χ2n) is 7.92. The van der Waals surface area contributed by atoms with Crippen molar-refractivity contribution < 1.29 is 19.1 Å². The van der Waals surface area contributed by atoms with Crippen LogP contribution in [0.25, 0.3) is 0 Å². The van der Waals surface area contributed by atoms with E-state index in [1.54, 1.807) is 49.8 Å². The van der Waals surface area contributed by atoms with Gasteiger partial charge in [-0.05, 0) is 53.3 Å². The number of thiophene rings is 1. The van der Waals surface area contributed by atoms with Crippen molar-refractivity contribution >= 4 is 23.2 Å². The fraction of sp³-hybridized carbons (Fsp3) is 0.280. The van der Waals surface area contributed by atoms with E-state index in [4.69, 9.17) is 9.47 Å². The van der Waals surface area contributed by atoms with Crippen LogP contribution in [0.4, 0.5) is 0 Å². The van der Waals surface area contributed by atoms with Crippen molar-refractivity contribution in [3.63, 3.8) is 0 Å². The van der Waals surface area contributed by atoms with Crippen LogP contribution >= 0.6 is 11.3 Å². The van der Waals surface area contributed by atoms with E-state index in [1.165, 1.54) is 20.9 Å². The normalized spacial score (nSPS) is 17.9. The SMILES string of the molecule is COc1cc2c(cc1OC)C(c1cccs1)N(CCN1C(=O)c3ccccc3C1=O)CC2. The Balaban J connectivity index is 1.44. The summed E-state index contributed by atoms with van der Waals surface area (Å²) in [4.78, 5) is 30.6. The van der Waals surface area contributed by atoms with Crippen LogP contribution in [0.3, 0.4) is 0 Å². The number of ether oxygens (including phenoxy) is 2. The summed E-state index contributed by atoms with van der Waals surface area (Å²) in [5, 5.41) is 2.08. The van der Waals surface area contributed by atoms with Gasteiger partial charge in [-0.15, -0.1) is 11.3 Å². The molecule has 2 aliphatic rings. The molecule has 0 radical (unpaired) electrons. The summed E-state index contributed by atoms with van der Waals surface area (Å²) >= 11 is 1.71. The van der Waals surface area contributed by atoms with E-state index in [2.05, 4.69) is 34.5 Å². The monoisotopic (exact) mass is 448 g/mol. The molecule has 1 unspecified atom stereocenters. The molecule has 1 aromatic heterocycles. The number of amides is 2. The standard InChI is InChI=1S/C25H24N2O4S/c1-30-20-14-16-9-10-26(23(22-8-5-13-32-22)19(16)15-21(20)31-2)11-12-27-24(28)17-6-3-4-7-18(17)25(27)29/h3-8,13-15,23H,9-12H2,1-2H3. The summed E-state index contributed by atoms with van der Waals surface area (Å²) in [5.41, 5.74) is 3.40. The maximum absolute atomic E-state index is 12.8. The summed E-state index contributed by atoms with van der Waals surface area (Å²) in [6, 6.07) is 15.4. The van der Waals surface area contributed by atoms with Gasteiger partial charge in [0.1, 0.15) is 0 Å². The second-order valence-corrected chi connectivity index (χ2v) is 8.90. The predicted molar refractivity (Wildman–Crippen MR) is 123 cm³/mol. The first-order chi connectivity index (χ1) is 15.6. The average molecular weight is 449 g/mol. The Labute approximate surface area is 191 Å². The van der Waals surface area contributed by atoms with Gasteiger partial charge in [-0.3, -0.25) is 19.4 Å². The minimum absolute atomic E-state index is 0.0359. The maximum atomic E-state index is 12.8. The van der Waals surface area contributed by atoms with Crippen LogP contribution in [0.15, 0.2) is 53.9 Å². The molecule has 0 bridgehead atoms. The van der Waals surface area contributed by atoms with Gasteiger partial charge >= 0.3 is 0 Å². The molecular formula is C25H24N2O4S. The first kappa shape index (κ1) is 20.7. The third kappa shape index (κ3) is 3.38. The Morgan fingerprint density at radius 3 is 2.25 bits per heavy atom. The van der Waals surface area contributed by atoms with Crippen LogP contribution in [0, 0.1) is 0 Å². The Kier molecular flexibility index (Phi) is 5.45. The number of imide groups is 1. The quantitative estimate of drug-likeness (QED) is 0.534. The number of benzene rings is 2. The minimum atomic E-state index is -0.206. The number of hydrogen-bond donors (Lipinski definition) is 0. The lowest BCUT2D eigenvalue weighted by molar-refractivity contribution is 0.0627. The van der Waals surface area contributed by atoms with Gasteiger partial charge in [-0.25, -0.2) is 0 Å². The highest BCUT2D eigenvalue weighted by Gasteiger charge is 2.37. The van der Waals surface area contributed by atoms with Gasteiger partial charge in [0.15, 0.2) is 11.5 Å². The number of fused-ring (bicyclic) bond motifs is 2. The van der Waals surface area contributed by atoms with E-state index in [0.717, 1.165) is 18.7 Å². The number of carbonyl (C=O) groups is 2. The van der Waals surface area contributed by atoms with Gasteiger partial charge in [-0.2, -0.15) is 0 Å². The zero-order valence-electron chi connectivity index (χ0n) is 18.0. The van der Waals surface area contributed by atoms with E-state index in [9.17, 15) is 9.59 Å². The molecule has 2 aliphatic heterocycles. The molecule has 3 heterocycles. The summed E-state index contributed by atoms with van der Waals surface area (Å²) in [6.07, 6.45) is 0.861. The van der Waals surface area contributed by atoms with Gasteiger partial charge < -0.3 is 9.47 Å². The molecule has 0 saturated carbocycles. The van der Waals surface area contributed by atoms with Crippen LogP contribution in [0.5, 0.6) is 11.5 Å². The fourth-order valence-corrected chi connectivity index (χ4v) is 5.57. The maximum Gasteiger partial charge on any atom is 0.261 e. The lowest BCUT2D eigenvalue weighted by Gasteiger charge is -2.38. The Morgan fingerprint density at radius 1 is 0.938 bits per heavy atom. The molecule has 3 aromatic rings. The van der Waals surface area contributed by atoms with E-state index < -0.39 is 0 Å². The van der Waals surface area contributed by atoms with Gasteiger partial charge in [0, 0.05) is 24.5 Å². The summed E-state index contributed by atoms with van der Waals surface area (Å²) in [5.74, 6) is 1.02. The average Bonchev–Trinajstić information content (AvgIpc) is 3.44. The van der Waals surface area contributed by atoms with Crippen LogP contribution < -0.4 is 9.47 Å². The first-order valence-electron chi connectivity index (χ1n) is 10.6. The van der Waals surface area contributed by atoms with E-state index in [0.29, 0.717) is 30.0 Å². The van der Waals surface area contributed by atoms with Gasteiger partial charge in [-0.1, -0.05) is 18.2 Å². The molecule has 0 fully saturated rings. The van der Waals surface area contributed by atoms with Crippen molar-refractivity contribution in [3.05, 3.63) is 81.0 Å². The van der Waals surface area contributed by atoms with Crippen molar-refractivity contribution in [1.29, 1.82) is 0 Å². The Bertz CT molecular complexity index is 1140. The largest absolute Gasteiger partial charge is 0.493 e. The highest BCUT2D eigenvalue weighted by molar-refractivity contribution is 7.10. The molecule has 0 aliphatic carbocycles. The highest BCUT2D eigenvalue weighted by Crippen LogP contribution is 2.42. The molecule has 5 rings (SSSR count). The zero-order chi connectivity index (χ0) is 22.2. The van der Waals surface area contributed by atoms with E-state index in [1.807, 2.05) is 0 Å². The van der Waals surface area contributed by atoms with Crippen LogP contribution in [-0.2, 0) is 6.42 Å². The topological polar surface area (TPSA) is 59.1 Å². The third-order valence-electron chi connectivity index (χ3n) is 6.28. The van der Waals surface area contributed by atoms with Crippen LogP contribution in [-0.4, -0.2) is 55.5 Å². The molecule has 0 N–H and O–H groups in total. The summed E-state index contributed by atoms with van der Waals surface area (Å²) in [6.45, 7) is 1.78. The van der Waals surface area contributed by atoms with Crippen molar-refractivity contribution in [1.82, 2.24) is 9.80 Å². The number of nitrogens with zero attached hydrogens (tertiary/aromatic N) is 2. The fourth-order valence-electron chi connectivity index (χ4n) is 4.69. The predicted octanol–water partition coefficient (Wildman–Crippen LogP) is 4.01. The highest BCUT2D eigenvalue weighted by atomic mass is 32.1. The summed E-state index contributed by atoms with van der Waals surface area (Å²) < 4.78 is 11.1. The van der Waals surface area contributed by atoms with Crippen LogP contribution in [0.1, 0.15) is 42.8 Å². The number of hydrogen-bond acceptors (Lipinski definition) is 6. The number of methoxy groups -OCH3 is 2. The van der Waals surface area contributed by atoms with Crippen molar-refractivity contribution in [2.24, 2.45) is 0 Å². The molecule has 7 heteroatoms. The molecular weight excluding hydrogens is 424 g/mol. The minimum Gasteiger partial charge on any atom is -0.493 e. The molecule has 164 valence electrons. The van der Waals surface area contributed by atoms with E-state index >= 15 is 0 Å². The Morgan fingerprint density at radius 2 is 1.62 bits per heavy atom. The molecule has 0 saturated heterocycles.